The van der Waals surface area contributed by atoms with E-state index in [-0.39, 0.29) is 17.6 Å². The number of carbonyl (C=O) groups excluding carboxylic acids is 2. The number of benzene rings is 2. The second-order valence-corrected chi connectivity index (χ2v) is 10.3. The number of nitrogens with two attached hydrogens (primary N) is 1. The number of H-pyrrole nitrogens is 2. The van der Waals surface area contributed by atoms with E-state index in [2.05, 4.69) is 54.8 Å². The van der Waals surface area contributed by atoms with Crippen LogP contribution in [0.15, 0.2) is 54.6 Å². The van der Waals surface area contributed by atoms with Crippen molar-refractivity contribution >= 4 is 63.4 Å². The molecule has 216 valence electrons. The second-order valence-electron chi connectivity index (χ2n) is 9.57. The molecule has 2 amide bonds. The number of amides is 2. The van der Waals surface area contributed by atoms with Crippen molar-refractivity contribution in [2.45, 2.75) is 25.7 Å². The Balaban J connectivity index is 1.28. The fourth-order valence-electron chi connectivity index (χ4n) is 4.41. The maximum absolute atomic E-state index is 12.5. The first-order valence-corrected chi connectivity index (χ1v) is 14.5. The van der Waals surface area contributed by atoms with Crippen molar-refractivity contribution in [1.29, 1.82) is 5.41 Å². The van der Waals surface area contributed by atoms with Crippen molar-refractivity contribution in [3.8, 4) is 11.5 Å². The molecule has 0 saturated carbocycles. The van der Waals surface area contributed by atoms with Gasteiger partial charge in [-0.2, -0.15) is 0 Å². The van der Waals surface area contributed by atoms with E-state index in [1.165, 1.54) is 5.56 Å². The third kappa shape index (κ3) is 8.48. The lowest BCUT2D eigenvalue weighted by Crippen LogP contribution is -2.27. The molecule has 0 radical (unpaired) electrons. The molecule has 2 heterocycles. The van der Waals surface area contributed by atoms with Crippen LogP contribution in [0.3, 0.4) is 0 Å². The van der Waals surface area contributed by atoms with Gasteiger partial charge < -0.3 is 31.2 Å². The van der Waals surface area contributed by atoms with Crippen LogP contribution in [0.5, 0.6) is 0 Å². The minimum atomic E-state index is -0.248. The van der Waals surface area contributed by atoms with Gasteiger partial charge in [0.2, 0.25) is 5.91 Å². The molecule has 4 aromatic rings. The molecule has 2 aromatic carbocycles. The van der Waals surface area contributed by atoms with Crippen LogP contribution in [-0.2, 0) is 11.2 Å². The average molecular weight is 598 g/mol. The third-order valence-corrected chi connectivity index (χ3v) is 6.86. The number of aromatic amines is 2. The zero-order chi connectivity index (χ0) is 29.2. The molecule has 0 saturated heterocycles. The van der Waals surface area contributed by atoms with Crippen LogP contribution in [0.4, 0.5) is 11.5 Å². The molecule has 0 bridgehead atoms. The van der Waals surface area contributed by atoms with Gasteiger partial charge >= 0.3 is 0 Å². The van der Waals surface area contributed by atoms with Crippen molar-refractivity contribution < 1.29 is 9.59 Å². The Morgan fingerprint density at radius 3 is 2.44 bits per heavy atom. The molecular formula is C29H34Cl2N8O2. The molecule has 2 aromatic heterocycles. The van der Waals surface area contributed by atoms with E-state index in [1.807, 2.05) is 6.07 Å². The zero-order valence-electron chi connectivity index (χ0n) is 22.6. The molecule has 0 atom stereocenters. The van der Waals surface area contributed by atoms with Crippen molar-refractivity contribution in [3.05, 3.63) is 65.7 Å². The number of hydrogen-bond acceptors (Lipinski definition) is 5. The van der Waals surface area contributed by atoms with E-state index >= 15 is 0 Å². The number of rotatable bonds is 15. The highest BCUT2D eigenvalue weighted by Gasteiger charge is 2.12. The summed E-state index contributed by atoms with van der Waals surface area (Å²) in [6.45, 7) is 1.79. The first kappa shape index (κ1) is 30.0. The summed E-state index contributed by atoms with van der Waals surface area (Å²) in [5.74, 6) is 1.96. The molecule has 0 unspecified atom stereocenters. The predicted molar refractivity (Wildman–Crippen MR) is 166 cm³/mol. The van der Waals surface area contributed by atoms with Gasteiger partial charge in [-0.05, 0) is 60.9 Å². The Hall–Kier alpha value is -4.02. The van der Waals surface area contributed by atoms with Gasteiger partial charge in [0.15, 0.2) is 5.82 Å². The standard InChI is InChI=1S/C29H34Cl2N8O2/c30-13-16-39(17-14-31)21-7-4-19(5-8-21)2-1-3-27(40)38-26-11-10-23(35-26)28-36-22-9-6-20(18-24(22)37-28)29(41)34-15-12-25(32)33/h4-11,18,35H,1-3,12-17H2,(H3,32,33)(H,34,41)(H,36,37)(H,38,40). The molecular weight excluding hydrogens is 563 g/mol. The van der Waals surface area contributed by atoms with Crippen LogP contribution in [0.1, 0.15) is 35.2 Å². The van der Waals surface area contributed by atoms with Crippen LogP contribution >= 0.6 is 23.2 Å². The molecule has 10 nitrogen and oxygen atoms in total. The van der Waals surface area contributed by atoms with Crippen LogP contribution in [0, 0.1) is 5.41 Å². The van der Waals surface area contributed by atoms with Crippen molar-refractivity contribution in [1.82, 2.24) is 20.3 Å². The van der Waals surface area contributed by atoms with Crippen LogP contribution in [0.25, 0.3) is 22.6 Å². The van der Waals surface area contributed by atoms with E-state index in [1.54, 1.807) is 24.3 Å². The number of hydrogen-bond donors (Lipinski definition) is 6. The van der Waals surface area contributed by atoms with E-state index < -0.39 is 0 Å². The second kappa shape index (κ2) is 14.6. The summed E-state index contributed by atoms with van der Waals surface area (Å²) in [6.07, 6.45) is 2.21. The highest BCUT2D eigenvalue weighted by atomic mass is 35.5. The quantitative estimate of drug-likeness (QED) is 0.0656. The number of halogens is 2. The van der Waals surface area contributed by atoms with Gasteiger partial charge in [0.1, 0.15) is 5.82 Å². The van der Waals surface area contributed by atoms with Crippen LogP contribution < -0.4 is 21.3 Å². The third-order valence-electron chi connectivity index (χ3n) is 6.52. The fraction of sp³-hybridized carbons (Fsp3) is 0.310. The molecule has 0 fully saturated rings. The number of amidine groups is 1. The molecule has 12 heteroatoms. The maximum atomic E-state index is 12.5. The lowest BCUT2D eigenvalue weighted by molar-refractivity contribution is -0.116. The van der Waals surface area contributed by atoms with Gasteiger partial charge in [-0.3, -0.25) is 15.0 Å². The fourth-order valence-corrected chi connectivity index (χ4v) is 4.82. The lowest BCUT2D eigenvalue weighted by atomic mass is 10.1. The molecule has 7 N–H and O–H groups in total. The first-order chi connectivity index (χ1) is 19.9. The summed E-state index contributed by atoms with van der Waals surface area (Å²) in [7, 11) is 0. The Morgan fingerprint density at radius 2 is 1.73 bits per heavy atom. The summed E-state index contributed by atoms with van der Waals surface area (Å²) in [5.41, 5.74) is 10.2. The van der Waals surface area contributed by atoms with Gasteiger partial charge in [-0.1, -0.05) is 12.1 Å². The Bertz CT molecular complexity index is 1480. The molecule has 41 heavy (non-hydrogen) atoms. The topological polar surface area (TPSA) is 156 Å². The number of aromatic nitrogens is 3. The van der Waals surface area contributed by atoms with Gasteiger partial charge in [-0.15, -0.1) is 23.2 Å². The maximum Gasteiger partial charge on any atom is 0.251 e. The van der Waals surface area contributed by atoms with Crippen molar-refractivity contribution in [3.63, 3.8) is 0 Å². The van der Waals surface area contributed by atoms with Gasteiger partial charge in [0.05, 0.1) is 22.6 Å². The number of aryl methyl sites for hydroxylation is 1. The summed E-state index contributed by atoms with van der Waals surface area (Å²) in [4.78, 5) is 38.1. The molecule has 0 aliphatic carbocycles. The molecule has 4 rings (SSSR count). The summed E-state index contributed by atoms with van der Waals surface area (Å²) in [5, 5.41) is 12.9. The zero-order valence-corrected chi connectivity index (χ0v) is 24.1. The minimum absolute atomic E-state index is 0.0242. The van der Waals surface area contributed by atoms with E-state index in [0.717, 1.165) is 31.6 Å². The van der Waals surface area contributed by atoms with Crippen molar-refractivity contribution in [2.24, 2.45) is 5.73 Å². The van der Waals surface area contributed by atoms with Gasteiger partial charge in [-0.25, -0.2) is 4.98 Å². The molecule has 0 spiro atoms. The predicted octanol–water partition coefficient (Wildman–Crippen LogP) is 4.86. The van der Waals surface area contributed by atoms with Crippen molar-refractivity contribution in [2.75, 3.05) is 41.6 Å². The summed E-state index contributed by atoms with van der Waals surface area (Å²) in [6, 6.07) is 17.1. The van der Waals surface area contributed by atoms with E-state index in [9.17, 15) is 9.59 Å². The summed E-state index contributed by atoms with van der Waals surface area (Å²) >= 11 is 11.8. The van der Waals surface area contributed by atoms with E-state index in [4.69, 9.17) is 34.3 Å². The number of imidazole rings is 1. The highest BCUT2D eigenvalue weighted by molar-refractivity contribution is 6.18. The van der Waals surface area contributed by atoms with Gasteiger partial charge in [0.25, 0.3) is 5.91 Å². The molecule has 0 aliphatic rings. The van der Waals surface area contributed by atoms with E-state index in [0.29, 0.717) is 65.1 Å². The van der Waals surface area contributed by atoms with Crippen LogP contribution in [0.2, 0.25) is 0 Å². The smallest absolute Gasteiger partial charge is 0.251 e. The number of alkyl halides is 2. The Morgan fingerprint density at radius 1 is 0.976 bits per heavy atom. The largest absolute Gasteiger partial charge is 0.388 e. The number of carbonyl (C=O) groups is 2. The first-order valence-electron chi connectivity index (χ1n) is 13.4. The highest BCUT2D eigenvalue weighted by Crippen LogP contribution is 2.23. The van der Waals surface area contributed by atoms with Crippen LogP contribution in [-0.4, -0.2) is 64.0 Å². The number of nitrogens with zero attached hydrogens (tertiary/aromatic N) is 2. The Labute approximate surface area is 248 Å². The number of anilines is 2. The normalized spacial score (nSPS) is 11.0. The SMILES string of the molecule is N=C(N)CCNC(=O)c1ccc2nc(-c3ccc(NC(=O)CCCc4ccc(N(CCCl)CCCl)cc4)[nH]3)[nH]c2c1. The average Bonchev–Trinajstić information content (AvgIpc) is 3.59. The lowest BCUT2D eigenvalue weighted by Gasteiger charge is -2.23. The number of nitrogens with one attached hydrogen (secondary N) is 5. The monoisotopic (exact) mass is 596 g/mol. The molecule has 0 aliphatic heterocycles. The van der Waals surface area contributed by atoms with Gasteiger partial charge in [0, 0.05) is 55.5 Å². The Kier molecular flexibility index (Phi) is 10.6. The minimum Gasteiger partial charge on any atom is -0.388 e. The summed E-state index contributed by atoms with van der Waals surface area (Å²) < 4.78 is 0. The number of fused-ring (bicyclic) bond motifs is 1.